The number of hydrogen-bond donors (Lipinski definition) is 1. The highest BCUT2D eigenvalue weighted by Gasteiger charge is 2.18. The molecule has 2 aromatic heterocycles. The molecule has 1 fully saturated rings. The van der Waals surface area contributed by atoms with Gasteiger partial charge in [0.05, 0.1) is 5.69 Å². The Morgan fingerprint density at radius 3 is 3.25 bits per heavy atom. The molecule has 1 unspecified atom stereocenters. The van der Waals surface area contributed by atoms with E-state index in [4.69, 9.17) is 0 Å². The van der Waals surface area contributed by atoms with E-state index >= 15 is 0 Å². The molecule has 3 heterocycles. The van der Waals surface area contributed by atoms with Crippen molar-refractivity contribution in [3.8, 4) is 0 Å². The summed E-state index contributed by atoms with van der Waals surface area (Å²) in [6, 6.07) is 4.02. The highest BCUT2D eigenvalue weighted by atomic mass is 79.9. The van der Waals surface area contributed by atoms with Gasteiger partial charge in [0.2, 0.25) is 0 Å². The molecule has 1 atom stereocenters. The predicted molar refractivity (Wildman–Crippen MR) is 65.5 cm³/mol. The number of aromatic nitrogens is 3. The van der Waals surface area contributed by atoms with Crippen LogP contribution in [-0.2, 0) is 0 Å². The summed E-state index contributed by atoms with van der Waals surface area (Å²) < 4.78 is 2.79. The first-order valence-electron chi connectivity index (χ1n) is 5.55. The van der Waals surface area contributed by atoms with Crippen molar-refractivity contribution >= 4 is 21.6 Å². The van der Waals surface area contributed by atoms with Gasteiger partial charge in [-0.3, -0.25) is 0 Å². The van der Waals surface area contributed by atoms with Crippen LogP contribution in [0.1, 0.15) is 24.5 Å². The van der Waals surface area contributed by atoms with Gasteiger partial charge in [-0.2, -0.15) is 5.10 Å². The summed E-state index contributed by atoms with van der Waals surface area (Å²) in [6.45, 7) is 2.17. The number of fused-ring (bicyclic) bond motifs is 1. The van der Waals surface area contributed by atoms with E-state index in [9.17, 15) is 0 Å². The van der Waals surface area contributed by atoms with Gasteiger partial charge < -0.3 is 5.32 Å². The second-order valence-corrected chi connectivity index (χ2v) is 4.96. The van der Waals surface area contributed by atoms with Crippen molar-refractivity contribution in [3.05, 3.63) is 28.6 Å². The topological polar surface area (TPSA) is 42.2 Å². The van der Waals surface area contributed by atoms with Crippen molar-refractivity contribution in [3.63, 3.8) is 0 Å². The van der Waals surface area contributed by atoms with E-state index in [1.807, 2.05) is 16.8 Å². The number of piperidine rings is 1. The molecule has 0 saturated carbocycles. The third-order valence-corrected chi connectivity index (χ3v) is 3.46. The van der Waals surface area contributed by atoms with Gasteiger partial charge in [0.25, 0.3) is 0 Å². The van der Waals surface area contributed by atoms with E-state index in [-0.39, 0.29) is 0 Å². The van der Waals surface area contributed by atoms with Crippen molar-refractivity contribution in [2.45, 2.75) is 18.8 Å². The Morgan fingerprint density at radius 2 is 2.44 bits per heavy atom. The average molecular weight is 281 g/mol. The van der Waals surface area contributed by atoms with Gasteiger partial charge in [0.15, 0.2) is 5.65 Å². The summed E-state index contributed by atoms with van der Waals surface area (Å²) in [7, 11) is 0. The van der Waals surface area contributed by atoms with E-state index in [0.717, 1.165) is 23.3 Å². The molecule has 0 radical (unpaired) electrons. The Labute approximate surface area is 102 Å². The number of rotatable bonds is 1. The molecule has 16 heavy (non-hydrogen) atoms. The molecule has 1 aliphatic heterocycles. The number of halogens is 1. The van der Waals surface area contributed by atoms with Crippen molar-refractivity contribution in [1.29, 1.82) is 0 Å². The van der Waals surface area contributed by atoms with Crippen LogP contribution >= 0.6 is 15.9 Å². The molecule has 2 aromatic rings. The maximum atomic E-state index is 4.43. The minimum atomic E-state index is 0.547. The first kappa shape index (κ1) is 10.2. The van der Waals surface area contributed by atoms with Crippen molar-refractivity contribution in [2.75, 3.05) is 13.1 Å². The molecule has 0 aromatic carbocycles. The Hall–Kier alpha value is -0.940. The zero-order valence-corrected chi connectivity index (χ0v) is 10.4. The highest BCUT2D eigenvalue weighted by molar-refractivity contribution is 9.10. The Bertz CT molecular complexity index is 502. The summed E-state index contributed by atoms with van der Waals surface area (Å²) >= 11 is 3.40. The number of nitrogens with one attached hydrogen (secondary N) is 1. The van der Waals surface area contributed by atoms with Gasteiger partial charge in [-0.25, -0.2) is 9.50 Å². The van der Waals surface area contributed by atoms with Crippen LogP contribution < -0.4 is 5.32 Å². The van der Waals surface area contributed by atoms with Crippen LogP contribution in [0.3, 0.4) is 0 Å². The molecule has 0 amide bonds. The lowest BCUT2D eigenvalue weighted by atomic mass is 9.96. The Balaban J connectivity index is 2.07. The monoisotopic (exact) mass is 280 g/mol. The first-order chi connectivity index (χ1) is 7.84. The Morgan fingerprint density at radius 1 is 1.50 bits per heavy atom. The van der Waals surface area contributed by atoms with E-state index < -0.39 is 0 Å². The molecule has 0 spiro atoms. The first-order valence-corrected chi connectivity index (χ1v) is 6.35. The Kier molecular flexibility index (Phi) is 2.65. The van der Waals surface area contributed by atoms with Crippen molar-refractivity contribution < 1.29 is 0 Å². The van der Waals surface area contributed by atoms with Crippen LogP contribution in [0.5, 0.6) is 0 Å². The highest BCUT2D eigenvalue weighted by Crippen LogP contribution is 2.24. The maximum Gasteiger partial charge on any atom is 0.156 e. The van der Waals surface area contributed by atoms with E-state index in [2.05, 4.69) is 37.4 Å². The zero-order chi connectivity index (χ0) is 11.0. The lowest BCUT2D eigenvalue weighted by molar-refractivity contribution is 0.448. The van der Waals surface area contributed by atoms with Crippen LogP contribution in [0, 0.1) is 0 Å². The minimum Gasteiger partial charge on any atom is -0.316 e. The average Bonchev–Trinajstić information content (AvgIpc) is 2.70. The largest absolute Gasteiger partial charge is 0.316 e. The normalized spacial score (nSPS) is 21.4. The van der Waals surface area contributed by atoms with Crippen molar-refractivity contribution in [2.24, 2.45) is 0 Å². The number of nitrogens with zero attached hydrogens (tertiary/aromatic N) is 3. The molecule has 3 rings (SSSR count). The van der Waals surface area contributed by atoms with Crippen LogP contribution in [0.15, 0.2) is 22.9 Å². The third kappa shape index (κ3) is 1.74. The molecule has 0 bridgehead atoms. The molecule has 5 heteroatoms. The van der Waals surface area contributed by atoms with Gasteiger partial charge in [-0.05, 0) is 41.4 Å². The molecule has 4 nitrogen and oxygen atoms in total. The standard InChI is InChI=1S/C11H13BrN4/c12-10-6-11-14-5-3-9(16(11)15-10)8-2-1-4-13-7-8/h3,5-6,8,13H,1-2,4,7H2. The fourth-order valence-corrected chi connectivity index (χ4v) is 2.66. The summed E-state index contributed by atoms with van der Waals surface area (Å²) in [6.07, 6.45) is 4.33. The zero-order valence-electron chi connectivity index (χ0n) is 8.86. The smallest absolute Gasteiger partial charge is 0.156 e. The molecule has 84 valence electrons. The summed E-state index contributed by atoms with van der Waals surface area (Å²) in [5.41, 5.74) is 2.16. The molecular formula is C11H13BrN4. The summed E-state index contributed by atoms with van der Waals surface area (Å²) in [4.78, 5) is 4.31. The molecule has 1 saturated heterocycles. The SMILES string of the molecule is Brc1cc2nccc(C3CCCNC3)n2n1. The third-order valence-electron chi connectivity index (χ3n) is 3.07. The second kappa shape index (κ2) is 4.14. The van der Waals surface area contributed by atoms with Crippen molar-refractivity contribution in [1.82, 2.24) is 19.9 Å². The molecule has 1 N–H and O–H groups in total. The maximum absolute atomic E-state index is 4.43. The minimum absolute atomic E-state index is 0.547. The fraction of sp³-hybridized carbons (Fsp3) is 0.455. The fourth-order valence-electron chi connectivity index (χ4n) is 2.30. The van der Waals surface area contributed by atoms with Gasteiger partial charge in [0, 0.05) is 24.7 Å². The van der Waals surface area contributed by atoms with Gasteiger partial charge in [-0.15, -0.1) is 0 Å². The lowest BCUT2D eigenvalue weighted by Gasteiger charge is -2.23. The van der Waals surface area contributed by atoms with Gasteiger partial charge >= 0.3 is 0 Å². The summed E-state index contributed by atoms with van der Waals surface area (Å²) in [5, 5.41) is 7.86. The molecule has 1 aliphatic rings. The van der Waals surface area contributed by atoms with Crippen LogP contribution in [0.4, 0.5) is 0 Å². The molecule has 0 aliphatic carbocycles. The van der Waals surface area contributed by atoms with E-state index in [1.54, 1.807) is 0 Å². The van der Waals surface area contributed by atoms with Crippen LogP contribution in [0.2, 0.25) is 0 Å². The number of hydrogen-bond acceptors (Lipinski definition) is 3. The second-order valence-electron chi connectivity index (χ2n) is 4.15. The molecular weight excluding hydrogens is 268 g/mol. The van der Waals surface area contributed by atoms with E-state index in [1.165, 1.54) is 18.5 Å². The van der Waals surface area contributed by atoms with E-state index in [0.29, 0.717) is 5.92 Å². The van der Waals surface area contributed by atoms with Gasteiger partial charge in [-0.1, -0.05) is 0 Å². The van der Waals surface area contributed by atoms with Gasteiger partial charge in [0.1, 0.15) is 4.60 Å². The van der Waals surface area contributed by atoms with Crippen LogP contribution in [0.25, 0.3) is 5.65 Å². The quantitative estimate of drug-likeness (QED) is 0.869. The predicted octanol–water partition coefficient (Wildman–Crippen LogP) is 1.96. The lowest BCUT2D eigenvalue weighted by Crippen LogP contribution is -2.29. The summed E-state index contributed by atoms with van der Waals surface area (Å²) in [5.74, 6) is 0.547. The van der Waals surface area contributed by atoms with Crippen LogP contribution in [-0.4, -0.2) is 27.7 Å².